The predicted molar refractivity (Wildman–Crippen MR) is 84.9 cm³/mol. The SMILES string of the molecule is CC(=O)N1CCC2(c3ccccc3)CCN(S(C)(=O)=O)C2C1. The second-order valence-electron chi connectivity index (χ2n) is 6.38. The summed E-state index contributed by atoms with van der Waals surface area (Å²) in [7, 11) is -3.27. The Balaban J connectivity index is 2.04. The smallest absolute Gasteiger partial charge is 0.219 e. The molecule has 2 heterocycles. The fraction of sp³-hybridized carbons (Fsp3) is 0.562. The van der Waals surface area contributed by atoms with Crippen LogP contribution in [0.5, 0.6) is 0 Å². The van der Waals surface area contributed by atoms with E-state index in [4.69, 9.17) is 0 Å². The number of hydrogen-bond acceptors (Lipinski definition) is 3. The first kappa shape index (κ1) is 15.5. The quantitative estimate of drug-likeness (QED) is 0.822. The predicted octanol–water partition coefficient (Wildman–Crippen LogP) is 1.21. The van der Waals surface area contributed by atoms with Crippen LogP contribution < -0.4 is 0 Å². The van der Waals surface area contributed by atoms with Crippen LogP contribution in [-0.2, 0) is 20.2 Å². The van der Waals surface area contributed by atoms with Crippen molar-refractivity contribution in [1.82, 2.24) is 9.21 Å². The van der Waals surface area contributed by atoms with Crippen LogP contribution in [0.4, 0.5) is 0 Å². The van der Waals surface area contributed by atoms with Crippen LogP contribution >= 0.6 is 0 Å². The molecule has 0 aliphatic carbocycles. The molecule has 0 N–H and O–H groups in total. The van der Waals surface area contributed by atoms with Crippen molar-refractivity contribution in [2.45, 2.75) is 31.2 Å². The van der Waals surface area contributed by atoms with E-state index in [0.29, 0.717) is 19.6 Å². The summed E-state index contributed by atoms with van der Waals surface area (Å²) in [5, 5.41) is 0. The highest BCUT2D eigenvalue weighted by Crippen LogP contribution is 2.46. The molecule has 1 amide bonds. The molecule has 0 radical (unpaired) electrons. The lowest BCUT2D eigenvalue weighted by atomic mass is 9.69. The lowest BCUT2D eigenvalue weighted by Gasteiger charge is -2.45. The van der Waals surface area contributed by atoms with Crippen molar-refractivity contribution in [3.63, 3.8) is 0 Å². The molecular formula is C16H22N2O3S. The molecule has 22 heavy (non-hydrogen) atoms. The van der Waals surface area contributed by atoms with Crippen molar-refractivity contribution in [3.05, 3.63) is 35.9 Å². The number of nitrogens with zero attached hydrogens (tertiary/aromatic N) is 2. The Bertz CT molecular complexity index is 674. The fourth-order valence-corrected chi connectivity index (χ4v) is 5.19. The monoisotopic (exact) mass is 322 g/mol. The maximum Gasteiger partial charge on any atom is 0.219 e. The van der Waals surface area contributed by atoms with Gasteiger partial charge in [-0.25, -0.2) is 8.42 Å². The largest absolute Gasteiger partial charge is 0.341 e. The number of sulfonamides is 1. The lowest BCUT2D eigenvalue weighted by Crippen LogP contribution is -2.57. The van der Waals surface area contributed by atoms with Gasteiger partial charge in [0.1, 0.15) is 0 Å². The van der Waals surface area contributed by atoms with Crippen LogP contribution in [0.15, 0.2) is 30.3 Å². The molecule has 2 aliphatic rings. The molecule has 2 saturated heterocycles. The van der Waals surface area contributed by atoms with Gasteiger partial charge in [-0.05, 0) is 18.4 Å². The van der Waals surface area contributed by atoms with Gasteiger partial charge in [0.25, 0.3) is 0 Å². The van der Waals surface area contributed by atoms with Gasteiger partial charge in [-0.1, -0.05) is 30.3 Å². The van der Waals surface area contributed by atoms with Crippen molar-refractivity contribution < 1.29 is 13.2 Å². The Morgan fingerprint density at radius 2 is 1.82 bits per heavy atom. The van der Waals surface area contributed by atoms with Gasteiger partial charge in [0.2, 0.25) is 15.9 Å². The molecule has 2 atom stereocenters. The maximum absolute atomic E-state index is 12.2. The second-order valence-corrected chi connectivity index (χ2v) is 8.31. The molecule has 1 aromatic rings. The Labute approximate surface area is 132 Å². The number of benzene rings is 1. The Hall–Kier alpha value is -1.40. The maximum atomic E-state index is 12.2. The van der Waals surface area contributed by atoms with Gasteiger partial charge in [-0.15, -0.1) is 0 Å². The molecular weight excluding hydrogens is 300 g/mol. The molecule has 3 rings (SSSR count). The van der Waals surface area contributed by atoms with E-state index in [2.05, 4.69) is 12.1 Å². The van der Waals surface area contributed by atoms with Crippen LogP contribution in [0, 0.1) is 0 Å². The summed E-state index contributed by atoms with van der Waals surface area (Å²) in [6, 6.07) is 9.99. The highest BCUT2D eigenvalue weighted by molar-refractivity contribution is 7.88. The number of rotatable bonds is 2. The van der Waals surface area contributed by atoms with E-state index in [1.165, 1.54) is 11.8 Å². The molecule has 120 valence electrons. The number of piperidine rings is 1. The lowest BCUT2D eigenvalue weighted by molar-refractivity contribution is -0.131. The third-order valence-corrected chi connectivity index (χ3v) is 6.49. The van der Waals surface area contributed by atoms with Crippen LogP contribution in [0.1, 0.15) is 25.3 Å². The van der Waals surface area contributed by atoms with Gasteiger partial charge >= 0.3 is 0 Å². The number of amides is 1. The Morgan fingerprint density at radius 1 is 1.18 bits per heavy atom. The van der Waals surface area contributed by atoms with Gasteiger partial charge < -0.3 is 4.90 Å². The van der Waals surface area contributed by atoms with Gasteiger partial charge in [-0.2, -0.15) is 4.31 Å². The summed E-state index contributed by atoms with van der Waals surface area (Å²) in [5.74, 6) is 0.0158. The van der Waals surface area contributed by atoms with Crippen molar-refractivity contribution in [3.8, 4) is 0 Å². The van der Waals surface area contributed by atoms with Crippen molar-refractivity contribution in [1.29, 1.82) is 0 Å². The number of likely N-dealkylation sites (tertiary alicyclic amines) is 1. The molecule has 2 fully saturated rings. The second kappa shape index (κ2) is 5.35. The molecule has 5 nitrogen and oxygen atoms in total. The van der Waals surface area contributed by atoms with E-state index >= 15 is 0 Å². The number of fused-ring (bicyclic) bond motifs is 1. The standard InChI is InChI=1S/C16H22N2O3S/c1-13(19)17-10-8-16(14-6-4-3-5-7-14)9-11-18(15(16)12-17)22(2,20)21/h3-7,15H,8-12H2,1-2H3. The average Bonchev–Trinajstić information content (AvgIpc) is 2.87. The first-order valence-corrected chi connectivity index (χ1v) is 9.47. The highest BCUT2D eigenvalue weighted by atomic mass is 32.2. The summed E-state index contributed by atoms with van der Waals surface area (Å²) in [5.41, 5.74) is 1.02. The van der Waals surface area contributed by atoms with E-state index in [-0.39, 0.29) is 17.4 Å². The molecule has 0 bridgehead atoms. The zero-order chi connectivity index (χ0) is 16.0. The fourth-order valence-electron chi connectivity index (χ4n) is 4.03. The molecule has 0 spiro atoms. The summed E-state index contributed by atoms with van der Waals surface area (Å²) >= 11 is 0. The summed E-state index contributed by atoms with van der Waals surface area (Å²) in [4.78, 5) is 13.5. The highest BCUT2D eigenvalue weighted by Gasteiger charge is 2.53. The molecule has 0 saturated carbocycles. The third kappa shape index (κ3) is 2.44. The van der Waals surface area contributed by atoms with Gasteiger partial charge in [0.15, 0.2) is 0 Å². The molecule has 2 aliphatic heterocycles. The molecule has 1 aromatic carbocycles. The van der Waals surface area contributed by atoms with E-state index in [1.54, 1.807) is 16.1 Å². The van der Waals surface area contributed by atoms with Crippen molar-refractivity contribution in [2.75, 3.05) is 25.9 Å². The van der Waals surface area contributed by atoms with Crippen molar-refractivity contribution >= 4 is 15.9 Å². The third-order valence-electron chi connectivity index (χ3n) is 5.20. The van der Waals surface area contributed by atoms with Crippen LogP contribution in [0.25, 0.3) is 0 Å². The minimum absolute atomic E-state index is 0.0158. The number of carbonyl (C=O) groups excluding carboxylic acids is 1. The van der Waals surface area contributed by atoms with Gasteiger partial charge in [0, 0.05) is 32.0 Å². The summed E-state index contributed by atoms with van der Waals surface area (Å²) < 4.78 is 25.9. The van der Waals surface area contributed by atoms with E-state index in [9.17, 15) is 13.2 Å². The molecule has 2 unspecified atom stereocenters. The van der Waals surface area contributed by atoms with Gasteiger partial charge in [-0.3, -0.25) is 4.79 Å². The van der Waals surface area contributed by atoms with E-state index < -0.39 is 10.0 Å². The van der Waals surface area contributed by atoms with E-state index in [0.717, 1.165) is 12.8 Å². The molecule has 0 aromatic heterocycles. The summed E-state index contributed by atoms with van der Waals surface area (Å²) in [6.07, 6.45) is 2.90. The zero-order valence-corrected chi connectivity index (χ0v) is 13.8. The van der Waals surface area contributed by atoms with Crippen molar-refractivity contribution in [2.24, 2.45) is 0 Å². The topological polar surface area (TPSA) is 57.7 Å². The summed E-state index contributed by atoms with van der Waals surface area (Å²) in [6.45, 7) is 3.26. The first-order valence-electron chi connectivity index (χ1n) is 7.62. The van der Waals surface area contributed by atoms with E-state index in [1.807, 2.05) is 18.2 Å². The minimum Gasteiger partial charge on any atom is -0.341 e. The normalized spacial score (nSPS) is 29.4. The Morgan fingerprint density at radius 3 is 2.41 bits per heavy atom. The average molecular weight is 322 g/mol. The zero-order valence-electron chi connectivity index (χ0n) is 13.0. The number of carbonyl (C=O) groups is 1. The van der Waals surface area contributed by atoms with Crippen LogP contribution in [0.3, 0.4) is 0 Å². The Kier molecular flexibility index (Phi) is 3.77. The van der Waals surface area contributed by atoms with Crippen LogP contribution in [0.2, 0.25) is 0 Å². The minimum atomic E-state index is -3.27. The first-order chi connectivity index (χ1) is 10.3. The van der Waals surface area contributed by atoms with Gasteiger partial charge in [0.05, 0.1) is 12.3 Å². The van der Waals surface area contributed by atoms with Crippen LogP contribution in [-0.4, -0.2) is 55.5 Å². The number of hydrogen-bond donors (Lipinski definition) is 0. The molecule has 6 heteroatoms.